The molecule has 10 heteroatoms. The molecule has 3 saturated heterocycles. The third-order valence-electron chi connectivity index (χ3n) is 6.65. The lowest BCUT2D eigenvalue weighted by Gasteiger charge is -2.43. The zero-order valence-corrected chi connectivity index (χ0v) is 21.7. The van der Waals surface area contributed by atoms with Gasteiger partial charge in [-0.3, -0.25) is 4.79 Å². The van der Waals surface area contributed by atoms with Gasteiger partial charge in [0.1, 0.15) is 18.3 Å². The number of ether oxygens (including phenoxy) is 4. The minimum absolute atomic E-state index is 0.00636. The highest BCUT2D eigenvalue weighted by molar-refractivity contribution is 9.10. The van der Waals surface area contributed by atoms with Crippen LogP contribution in [0.15, 0.2) is 53.0 Å². The van der Waals surface area contributed by atoms with Crippen molar-refractivity contribution < 1.29 is 28.5 Å². The van der Waals surface area contributed by atoms with Crippen LogP contribution in [0.25, 0.3) is 0 Å². The zero-order chi connectivity index (χ0) is 25.6. The fourth-order valence-corrected chi connectivity index (χ4v) is 5.34. The number of hydrogen-bond acceptors (Lipinski definition) is 7. The van der Waals surface area contributed by atoms with Crippen LogP contribution in [-0.2, 0) is 30.3 Å². The average Bonchev–Trinajstić information content (AvgIpc) is 3.33. The van der Waals surface area contributed by atoms with Crippen LogP contribution in [0, 0.1) is 11.3 Å². The van der Waals surface area contributed by atoms with Crippen molar-refractivity contribution in [3.63, 3.8) is 0 Å². The number of methoxy groups -OCH3 is 1. The average molecular weight is 556 g/mol. The second-order valence-electron chi connectivity index (χ2n) is 9.47. The van der Waals surface area contributed by atoms with Gasteiger partial charge in [-0.25, -0.2) is 9.69 Å². The molecule has 5 atom stereocenters. The lowest BCUT2D eigenvalue weighted by atomic mass is 9.95. The van der Waals surface area contributed by atoms with Crippen molar-refractivity contribution in [1.29, 1.82) is 5.26 Å². The molecule has 2 aromatic carbocycles. The minimum atomic E-state index is -0.824. The molecule has 3 aliphatic rings. The summed E-state index contributed by atoms with van der Waals surface area (Å²) in [5.74, 6) is -1.21. The number of halogens is 1. The Kier molecular flexibility index (Phi) is 6.61. The summed E-state index contributed by atoms with van der Waals surface area (Å²) in [7, 11) is 1.56. The van der Waals surface area contributed by atoms with Gasteiger partial charge >= 0.3 is 6.03 Å². The van der Waals surface area contributed by atoms with E-state index in [1.165, 1.54) is 6.07 Å². The topological polar surface area (TPSA) is 101 Å². The van der Waals surface area contributed by atoms with Crippen LogP contribution in [0.4, 0.5) is 10.5 Å². The van der Waals surface area contributed by atoms with Crippen LogP contribution in [0.3, 0.4) is 0 Å². The molecular formula is C26H26BrN3O6. The molecule has 0 saturated carbocycles. The van der Waals surface area contributed by atoms with Crippen LogP contribution >= 0.6 is 15.9 Å². The van der Waals surface area contributed by atoms with Crippen LogP contribution in [0.1, 0.15) is 31.4 Å². The van der Waals surface area contributed by atoms with E-state index in [9.17, 15) is 14.9 Å². The van der Waals surface area contributed by atoms with Crippen LogP contribution in [-0.4, -0.2) is 60.4 Å². The maximum atomic E-state index is 13.9. The summed E-state index contributed by atoms with van der Waals surface area (Å²) in [6.07, 6.45) is -2.33. The van der Waals surface area contributed by atoms with Crippen molar-refractivity contribution in [2.75, 3.05) is 12.0 Å². The molecule has 1 unspecified atom stereocenters. The highest BCUT2D eigenvalue weighted by Crippen LogP contribution is 2.42. The number of urea groups is 1. The van der Waals surface area contributed by atoms with Crippen LogP contribution < -0.4 is 4.90 Å². The fraction of sp³-hybridized carbons (Fsp3) is 0.423. The molecule has 0 N–H and O–H groups in total. The Balaban J connectivity index is 1.49. The molecule has 3 aliphatic heterocycles. The molecule has 2 aromatic rings. The number of benzene rings is 2. The maximum absolute atomic E-state index is 13.9. The van der Waals surface area contributed by atoms with Gasteiger partial charge in [0.2, 0.25) is 5.91 Å². The van der Waals surface area contributed by atoms with Gasteiger partial charge < -0.3 is 23.8 Å². The van der Waals surface area contributed by atoms with Crippen molar-refractivity contribution in [1.82, 2.24) is 4.90 Å². The number of fused-ring (bicyclic) bond motifs is 1. The quantitative estimate of drug-likeness (QED) is 0.550. The van der Waals surface area contributed by atoms with Crippen molar-refractivity contribution in [3.05, 3.63) is 64.1 Å². The molecule has 3 heterocycles. The number of imide groups is 1. The molecule has 3 amide bonds. The number of hydrogen-bond donors (Lipinski definition) is 0. The second kappa shape index (κ2) is 9.57. The van der Waals surface area contributed by atoms with Crippen molar-refractivity contribution in [2.24, 2.45) is 0 Å². The van der Waals surface area contributed by atoms with Gasteiger partial charge in [0.25, 0.3) is 0 Å². The van der Waals surface area contributed by atoms with E-state index in [0.717, 1.165) is 14.9 Å². The molecule has 0 radical (unpaired) electrons. The first-order chi connectivity index (χ1) is 17.2. The summed E-state index contributed by atoms with van der Waals surface area (Å²) in [5.41, 5.74) is 1.60. The second-order valence-corrected chi connectivity index (χ2v) is 10.4. The van der Waals surface area contributed by atoms with Gasteiger partial charge in [-0.2, -0.15) is 5.26 Å². The Morgan fingerprint density at radius 3 is 2.58 bits per heavy atom. The van der Waals surface area contributed by atoms with E-state index in [4.69, 9.17) is 18.9 Å². The Morgan fingerprint density at radius 2 is 1.89 bits per heavy atom. The summed E-state index contributed by atoms with van der Waals surface area (Å²) >= 11 is 3.44. The van der Waals surface area contributed by atoms with Crippen molar-refractivity contribution >= 4 is 33.6 Å². The van der Waals surface area contributed by atoms with E-state index in [1.54, 1.807) is 44.1 Å². The predicted molar refractivity (Wildman–Crippen MR) is 132 cm³/mol. The van der Waals surface area contributed by atoms with E-state index in [0.29, 0.717) is 11.3 Å². The van der Waals surface area contributed by atoms with Gasteiger partial charge in [-0.1, -0.05) is 34.1 Å². The SMILES string of the molecule is CO[C@@H]1[C@H]2OC(C)(C)O[C@H]2O[C@@H]1C1CC(=O)N(c2cccc(C#N)c2)C(=O)N1Cc1ccc(Br)cc1. The number of nitrogens with zero attached hydrogens (tertiary/aromatic N) is 3. The number of carbonyl (C=O) groups excluding carboxylic acids is 2. The number of amides is 3. The highest BCUT2D eigenvalue weighted by Gasteiger charge is 2.59. The molecule has 36 heavy (non-hydrogen) atoms. The minimum Gasteiger partial charge on any atom is -0.376 e. The summed E-state index contributed by atoms with van der Waals surface area (Å²) in [5, 5.41) is 9.31. The molecule has 9 nitrogen and oxygen atoms in total. The Bertz CT molecular complexity index is 1210. The normalized spacial score (nSPS) is 29.4. The number of carbonyl (C=O) groups is 2. The summed E-state index contributed by atoms with van der Waals surface area (Å²) < 4.78 is 24.9. The molecular weight excluding hydrogens is 530 g/mol. The molecule has 0 aromatic heterocycles. The zero-order valence-electron chi connectivity index (χ0n) is 20.1. The largest absolute Gasteiger partial charge is 0.376 e. The van der Waals surface area contributed by atoms with Gasteiger partial charge in [-0.15, -0.1) is 0 Å². The third kappa shape index (κ3) is 4.53. The lowest BCUT2D eigenvalue weighted by Crippen LogP contribution is -2.62. The number of anilines is 1. The number of nitriles is 1. The third-order valence-corrected chi connectivity index (χ3v) is 7.18. The predicted octanol–water partition coefficient (Wildman–Crippen LogP) is 3.94. The van der Waals surface area contributed by atoms with E-state index in [2.05, 4.69) is 22.0 Å². The van der Waals surface area contributed by atoms with Gasteiger partial charge in [0, 0.05) is 18.1 Å². The molecule has 0 spiro atoms. The Labute approximate surface area is 217 Å². The van der Waals surface area contributed by atoms with Gasteiger partial charge in [0.05, 0.1) is 29.8 Å². The monoisotopic (exact) mass is 555 g/mol. The van der Waals surface area contributed by atoms with Crippen LogP contribution in [0.5, 0.6) is 0 Å². The van der Waals surface area contributed by atoms with Crippen molar-refractivity contribution in [3.8, 4) is 6.07 Å². The lowest BCUT2D eigenvalue weighted by molar-refractivity contribution is -0.223. The molecule has 0 aliphatic carbocycles. The summed E-state index contributed by atoms with van der Waals surface area (Å²) in [4.78, 5) is 30.0. The van der Waals surface area contributed by atoms with Crippen LogP contribution in [0.2, 0.25) is 0 Å². The van der Waals surface area contributed by atoms with Gasteiger partial charge in [-0.05, 0) is 49.7 Å². The fourth-order valence-electron chi connectivity index (χ4n) is 5.07. The first-order valence-corrected chi connectivity index (χ1v) is 12.4. The maximum Gasteiger partial charge on any atom is 0.332 e. The van der Waals surface area contributed by atoms with E-state index in [1.807, 2.05) is 24.3 Å². The smallest absolute Gasteiger partial charge is 0.332 e. The van der Waals surface area contributed by atoms with Crippen molar-refractivity contribution in [2.45, 2.75) is 63.2 Å². The van der Waals surface area contributed by atoms with E-state index in [-0.39, 0.29) is 18.9 Å². The number of rotatable bonds is 5. The molecule has 5 rings (SSSR count). The molecule has 188 valence electrons. The first-order valence-electron chi connectivity index (χ1n) is 11.6. The highest BCUT2D eigenvalue weighted by atomic mass is 79.9. The summed E-state index contributed by atoms with van der Waals surface area (Å²) in [6, 6.07) is 15.0. The first kappa shape index (κ1) is 24.9. The Hall–Kier alpha value is -2.81. The Morgan fingerprint density at radius 1 is 1.14 bits per heavy atom. The van der Waals surface area contributed by atoms with E-state index >= 15 is 0 Å². The molecule has 3 fully saturated rings. The summed E-state index contributed by atoms with van der Waals surface area (Å²) in [6.45, 7) is 3.85. The van der Waals surface area contributed by atoms with E-state index < -0.39 is 42.5 Å². The van der Waals surface area contributed by atoms with Gasteiger partial charge in [0.15, 0.2) is 12.1 Å². The molecule has 0 bridgehead atoms. The standard InChI is InChI=1S/C26H26BrN3O6/c1-26(2)35-23-22(33-3)21(34-24(23)36-26)19-12-20(31)30(18-6-4-5-16(11-18)13-28)25(32)29(19)14-15-7-9-17(27)10-8-15/h4-11,19,21-24H,12,14H2,1-3H3/t19?,21-,22+,23-,24-/m1/s1.